The Morgan fingerprint density at radius 3 is 2.63 bits per heavy atom. The highest BCUT2D eigenvalue weighted by Gasteiger charge is 2.47. The van der Waals surface area contributed by atoms with Gasteiger partial charge in [0.15, 0.2) is 28.9 Å². The summed E-state index contributed by atoms with van der Waals surface area (Å²) in [4.78, 5) is 46.4. The SMILES string of the molecule is C[C@H]1[C@@H]2CCC[C@@H]3C[C@@H](OP(=O)(O)OC[C@H]2O[C@H]1n1cnc2c(N)ncnc21)[C@H](n1cnc2c(=O)[nH]c(N)nc21)O3. The van der Waals surface area contributed by atoms with Crippen LogP contribution < -0.4 is 17.0 Å². The topological polar surface area (TPSA) is 233 Å². The number of phosphoric ester groups is 1. The van der Waals surface area contributed by atoms with Crippen molar-refractivity contribution in [2.75, 3.05) is 18.1 Å². The zero-order valence-corrected chi connectivity index (χ0v) is 22.8. The van der Waals surface area contributed by atoms with Crippen LogP contribution in [-0.4, -0.2) is 68.9 Å². The molecule has 4 aromatic heterocycles. The predicted octanol–water partition coefficient (Wildman–Crippen LogP) is 1.25. The number of imidazole rings is 2. The highest BCUT2D eigenvalue weighted by Crippen LogP contribution is 2.52. The fourth-order valence-electron chi connectivity index (χ4n) is 6.26. The number of nitrogens with zero attached hydrogens (tertiary/aromatic N) is 7. The fraction of sp³-hybridized carbons (Fsp3) is 0.565. The van der Waals surface area contributed by atoms with E-state index in [1.165, 1.54) is 17.2 Å². The maximum Gasteiger partial charge on any atom is 0.472 e. The van der Waals surface area contributed by atoms with Crippen LogP contribution in [0.25, 0.3) is 22.3 Å². The first-order chi connectivity index (χ1) is 19.7. The molecule has 18 heteroatoms. The average molecular weight is 589 g/mol. The number of hydrogen-bond donors (Lipinski definition) is 4. The number of hydrogen-bond acceptors (Lipinski definition) is 13. The Morgan fingerprint density at radius 1 is 1.02 bits per heavy atom. The number of rotatable bonds is 2. The van der Waals surface area contributed by atoms with Gasteiger partial charge < -0.3 is 25.8 Å². The second-order valence-corrected chi connectivity index (χ2v) is 12.1. The van der Waals surface area contributed by atoms with Gasteiger partial charge in [-0.25, -0.2) is 24.5 Å². The van der Waals surface area contributed by atoms with Crippen LogP contribution in [0.2, 0.25) is 0 Å². The van der Waals surface area contributed by atoms with Crippen molar-refractivity contribution < 1.29 is 28.0 Å². The summed E-state index contributed by atoms with van der Waals surface area (Å²) in [6.07, 6.45) is 4.01. The van der Waals surface area contributed by atoms with Gasteiger partial charge in [0.25, 0.3) is 5.56 Å². The summed E-state index contributed by atoms with van der Waals surface area (Å²) in [6.45, 7) is 1.90. The van der Waals surface area contributed by atoms with Gasteiger partial charge in [0.1, 0.15) is 24.2 Å². The summed E-state index contributed by atoms with van der Waals surface area (Å²) in [7, 11) is -4.56. The predicted molar refractivity (Wildman–Crippen MR) is 142 cm³/mol. The van der Waals surface area contributed by atoms with Crippen molar-refractivity contribution in [2.45, 2.75) is 63.4 Å². The van der Waals surface area contributed by atoms with E-state index >= 15 is 0 Å². The molecular formula is C23H29N10O7P. The lowest BCUT2D eigenvalue weighted by atomic mass is 9.86. The summed E-state index contributed by atoms with van der Waals surface area (Å²) in [5, 5.41) is 0. The molecule has 0 aliphatic carbocycles. The molecule has 4 aromatic rings. The van der Waals surface area contributed by atoms with Gasteiger partial charge in [-0.2, -0.15) is 4.98 Å². The molecule has 8 atom stereocenters. The Bertz CT molecular complexity index is 1720. The quantitative estimate of drug-likeness (QED) is 0.241. The summed E-state index contributed by atoms with van der Waals surface area (Å²) in [5.41, 5.74) is 12.5. The van der Waals surface area contributed by atoms with Crippen molar-refractivity contribution in [3.63, 3.8) is 0 Å². The summed E-state index contributed by atoms with van der Waals surface area (Å²) < 4.78 is 40.3. The number of ether oxygens (including phenoxy) is 2. The first-order valence-electron chi connectivity index (χ1n) is 13.3. The molecule has 3 aliphatic heterocycles. The fourth-order valence-corrected chi connectivity index (χ4v) is 7.19. The Morgan fingerprint density at radius 2 is 1.80 bits per heavy atom. The third-order valence-electron chi connectivity index (χ3n) is 8.18. The maximum atomic E-state index is 13.2. The van der Waals surface area contributed by atoms with Crippen molar-refractivity contribution in [3.05, 3.63) is 29.3 Å². The number of aromatic amines is 1. The van der Waals surface area contributed by atoms with Gasteiger partial charge in [-0.3, -0.25) is 28.0 Å². The van der Waals surface area contributed by atoms with Gasteiger partial charge in [0, 0.05) is 12.3 Å². The normalized spacial score (nSPS) is 34.4. The van der Waals surface area contributed by atoms with Crippen LogP contribution in [0.15, 0.2) is 23.8 Å². The highest BCUT2D eigenvalue weighted by atomic mass is 31.2. The first kappa shape index (κ1) is 26.4. The van der Waals surface area contributed by atoms with E-state index in [9.17, 15) is 14.3 Å². The molecule has 0 radical (unpaired) electrons. The second kappa shape index (κ2) is 9.82. The number of fused-ring (bicyclic) bond motifs is 5. The van der Waals surface area contributed by atoms with Crippen molar-refractivity contribution in [3.8, 4) is 0 Å². The van der Waals surface area contributed by atoms with Crippen molar-refractivity contribution in [2.24, 2.45) is 11.8 Å². The molecule has 0 spiro atoms. The average Bonchev–Trinajstić information content (AvgIpc) is 3.68. The first-order valence-corrected chi connectivity index (χ1v) is 14.8. The Hall–Kier alpha value is -3.47. The smallest absolute Gasteiger partial charge is 0.382 e. The largest absolute Gasteiger partial charge is 0.472 e. The maximum absolute atomic E-state index is 13.2. The van der Waals surface area contributed by atoms with Gasteiger partial charge in [-0.15, -0.1) is 0 Å². The van der Waals surface area contributed by atoms with E-state index in [-0.39, 0.29) is 47.5 Å². The molecule has 17 nitrogen and oxygen atoms in total. The van der Waals surface area contributed by atoms with Crippen LogP contribution in [0, 0.1) is 11.8 Å². The van der Waals surface area contributed by atoms with E-state index in [2.05, 4.69) is 36.8 Å². The monoisotopic (exact) mass is 588 g/mol. The van der Waals surface area contributed by atoms with Crippen LogP contribution >= 0.6 is 7.82 Å². The lowest BCUT2D eigenvalue weighted by Crippen LogP contribution is -2.26. The van der Waals surface area contributed by atoms with Crippen LogP contribution in [0.3, 0.4) is 0 Å². The zero-order chi connectivity index (χ0) is 28.5. The second-order valence-electron chi connectivity index (χ2n) is 10.7. The molecule has 218 valence electrons. The van der Waals surface area contributed by atoms with Crippen LogP contribution in [-0.2, 0) is 23.1 Å². The molecule has 0 saturated carbocycles. The van der Waals surface area contributed by atoms with E-state index in [0.29, 0.717) is 24.0 Å². The standard InChI is InChI=1S/C23H29N10O7P/c1-10-12-4-2-3-11-5-13(22(38-11)33-9-29-16-19(33)30-23(25)31-20(16)34)40-41(35,36)37-6-14(12)39-21(10)32-8-28-15-17(24)26-7-27-18(15)32/h7-14,21-22H,2-6H2,1H3,(H,35,36)(H2,24,26,27)(H3,25,30,31,34)/t10-,11+,12-,13+,14+,21+,22+/m0/s1. The lowest BCUT2D eigenvalue weighted by Gasteiger charge is -2.24. The highest BCUT2D eigenvalue weighted by molar-refractivity contribution is 7.47. The number of nitrogens with one attached hydrogen (secondary N) is 1. The summed E-state index contributed by atoms with van der Waals surface area (Å²) in [5.74, 6) is 0.184. The molecule has 7 rings (SSSR count). The Labute approximate surface area is 231 Å². The summed E-state index contributed by atoms with van der Waals surface area (Å²) >= 11 is 0. The zero-order valence-electron chi connectivity index (χ0n) is 21.9. The van der Waals surface area contributed by atoms with Gasteiger partial charge in [-0.05, 0) is 18.8 Å². The van der Waals surface area contributed by atoms with Gasteiger partial charge >= 0.3 is 7.82 Å². The minimum atomic E-state index is -4.56. The van der Waals surface area contributed by atoms with Crippen molar-refractivity contribution in [1.82, 2.24) is 39.0 Å². The van der Waals surface area contributed by atoms with Gasteiger partial charge in [0.05, 0.1) is 31.5 Å². The van der Waals surface area contributed by atoms with Gasteiger partial charge in [-0.1, -0.05) is 13.3 Å². The Balaban J connectivity index is 1.15. The molecule has 1 unspecified atom stereocenters. The third-order valence-corrected chi connectivity index (χ3v) is 9.19. The number of nitrogen functional groups attached to an aromatic ring is 2. The van der Waals surface area contributed by atoms with Crippen LogP contribution in [0.4, 0.5) is 11.8 Å². The van der Waals surface area contributed by atoms with Crippen molar-refractivity contribution in [1.29, 1.82) is 0 Å². The van der Waals surface area contributed by atoms with E-state index in [0.717, 1.165) is 12.8 Å². The molecule has 3 aliphatic rings. The Kier molecular flexibility index (Phi) is 6.33. The molecule has 3 saturated heterocycles. The van der Waals surface area contributed by atoms with E-state index in [4.69, 9.17) is 30.0 Å². The molecule has 0 aromatic carbocycles. The molecule has 2 bridgehead atoms. The minimum Gasteiger partial charge on any atom is -0.382 e. The summed E-state index contributed by atoms with van der Waals surface area (Å²) in [6, 6.07) is 0. The van der Waals surface area contributed by atoms with E-state index in [1.807, 2.05) is 4.57 Å². The molecule has 6 N–H and O–H groups in total. The van der Waals surface area contributed by atoms with E-state index < -0.39 is 38.0 Å². The lowest BCUT2D eigenvalue weighted by molar-refractivity contribution is -0.0479. The number of anilines is 2. The molecule has 3 fully saturated rings. The number of nitrogens with two attached hydrogens (primary N) is 2. The number of H-pyrrole nitrogens is 1. The molecule has 0 amide bonds. The third kappa shape index (κ3) is 4.58. The molecular weight excluding hydrogens is 559 g/mol. The van der Waals surface area contributed by atoms with Crippen LogP contribution in [0.1, 0.15) is 45.1 Å². The minimum absolute atomic E-state index is 0.000510. The molecule has 41 heavy (non-hydrogen) atoms. The van der Waals surface area contributed by atoms with Crippen LogP contribution in [0.5, 0.6) is 0 Å². The number of aromatic nitrogens is 8. The van der Waals surface area contributed by atoms with Crippen molar-refractivity contribution >= 4 is 41.9 Å². The van der Waals surface area contributed by atoms with Gasteiger partial charge in [0.2, 0.25) is 5.95 Å². The molecule has 7 heterocycles. The number of phosphoric acid groups is 1. The van der Waals surface area contributed by atoms with E-state index in [1.54, 1.807) is 6.33 Å².